The summed E-state index contributed by atoms with van der Waals surface area (Å²) in [5.41, 5.74) is 0. The zero-order valence-electron chi connectivity index (χ0n) is 14.3. The fourth-order valence-electron chi connectivity index (χ4n) is 2.84. The summed E-state index contributed by atoms with van der Waals surface area (Å²) in [5, 5.41) is 4.52. The summed E-state index contributed by atoms with van der Waals surface area (Å²) in [4.78, 5) is 24.0. The molecule has 2 rings (SSSR count). The highest BCUT2D eigenvalue weighted by Crippen LogP contribution is 2.24. The molecule has 1 aromatic rings. The number of hydrogen-bond acceptors (Lipinski definition) is 5. The minimum Gasteiger partial charge on any atom is -0.469 e. The van der Waals surface area contributed by atoms with Crippen LogP contribution >= 0.6 is 11.3 Å². The van der Waals surface area contributed by atoms with Crippen LogP contribution in [0.2, 0.25) is 0 Å². The molecule has 0 spiro atoms. The normalized spacial score (nSPS) is 21.6. The maximum atomic E-state index is 11.8. The number of guanidine groups is 1. The monoisotopic (exact) mass is 338 g/mol. The number of rotatable bonds is 5. The molecular formula is C16H26N4O2S. The summed E-state index contributed by atoms with van der Waals surface area (Å²) < 4.78 is 4.89. The summed E-state index contributed by atoms with van der Waals surface area (Å²) in [6.07, 6.45) is 3.87. The van der Waals surface area contributed by atoms with Crippen molar-refractivity contribution in [3.63, 3.8) is 0 Å². The Balaban J connectivity index is 1.85. The average Bonchev–Trinajstić information content (AvgIpc) is 3.17. The van der Waals surface area contributed by atoms with Crippen molar-refractivity contribution in [1.29, 1.82) is 0 Å². The predicted octanol–water partition coefficient (Wildman–Crippen LogP) is 1.56. The number of esters is 1. The number of nitrogens with zero attached hydrogens (tertiary/aromatic N) is 3. The van der Waals surface area contributed by atoms with E-state index in [0.717, 1.165) is 36.9 Å². The van der Waals surface area contributed by atoms with Crippen molar-refractivity contribution in [2.45, 2.75) is 26.7 Å². The van der Waals surface area contributed by atoms with Gasteiger partial charge in [0, 0.05) is 44.2 Å². The van der Waals surface area contributed by atoms with E-state index in [1.54, 1.807) is 18.4 Å². The summed E-state index contributed by atoms with van der Waals surface area (Å²) in [6.45, 7) is 6.49. The molecule has 0 aromatic carbocycles. The van der Waals surface area contributed by atoms with E-state index in [4.69, 9.17) is 4.74 Å². The van der Waals surface area contributed by atoms with Gasteiger partial charge in [-0.3, -0.25) is 9.79 Å². The molecule has 2 atom stereocenters. The van der Waals surface area contributed by atoms with E-state index in [1.165, 1.54) is 12.0 Å². The van der Waals surface area contributed by atoms with Crippen LogP contribution in [0.3, 0.4) is 0 Å². The van der Waals surface area contributed by atoms with Crippen LogP contribution in [-0.4, -0.2) is 55.6 Å². The first-order valence-corrected chi connectivity index (χ1v) is 8.87. The second kappa shape index (κ2) is 8.29. The maximum Gasteiger partial charge on any atom is 0.310 e. The number of aromatic nitrogens is 1. The average molecular weight is 338 g/mol. The van der Waals surface area contributed by atoms with Crippen LogP contribution in [0.4, 0.5) is 0 Å². The molecule has 1 aliphatic rings. The van der Waals surface area contributed by atoms with E-state index < -0.39 is 0 Å². The molecule has 1 saturated heterocycles. The van der Waals surface area contributed by atoms with Crippen LogP contribution in [0.1, 0.15) is 23.7 Å². The zero-order chi connectivity index (χ0) is 16.8. The number of methoxy groups -OCH3 is 1. The Kier molecular flexibility index (Phi) is 6.38. The summed E-state index contributed by atoms with van der Waals surface area (Å²) in [6, 6.07) is 0. The van der Waals surface area contributed by atoms with Crippen molar-refractivity contribution in [2.24, 2.45) is 16.8 Å². The molecule has 0 amide bonds. The van der Waals surface area contributed by atoms with E-state index in [0.29, 0.717) is 6.54 Å². The molecule has 2 unspecified atom stereocenters. The van der Waals surface area contributed by atoms with Crippen molar-refractivity contribution >= 4 is 23.3 Å². The Morgan fingerprint density at radius 2 is 2.35 bits per heavy atom. The maximum absolute atomic E-state index is 11.8. The molecule has 1 aliphatic heterocycles. The van der Waals surface area contributed by atoms with Gasteiger partial charge in [0.15, 0.2) is 5.96 Å². The van der Waals surface area contributed by atoms with E-state index in [9.17, 15) is 4.79 Å². The van der Waals surface area contributed by atoms with Gasteiger partial charge in [0.25, 0.3) is 0 Å². The van der Waals surface area contributed by atoms with E-state index in [-0.39, 0.29) is 17.8 Å². The van der Waals surface area contributed by atoms with Gasteiger partial charge in [0.2, 0.25) is 0 Å². The van der Waals surface area contributed by atoms with Crippen molar-refractivity contribution in [1.82, 2.24) is 15.2 Å². The number of likely N-dealkylation sites (tertiary alicyclic amines) is 1. The lowest BCUT2D eigenvalue weighted by molar-refractivity contribution is -0.145. The zero-order valence-corrected chi connectivity index (χ0v) is 15.2. The molecule has 1 aromatic heterocycles. The molecule has 7 heteroatoms. The lowest BCUT2D eigenvalue weighted by Crippen LogP contribution is -2.41. The lowest BCUT2D eigenvalue weighted by Gasteiger charge is -2.21. The highest BCUT2D eigenvalue weighted by atomic mass is 32.1. The standard InChI is InChI=1S/C16H26N4O2S/c1-5-12-8-19-14(23-12)6-7-18-16(17-3)20-9-11(2)13(10-20)15(21)22-4/h8,11,13H,5-7,9-10H2,1-4H3,(H,17,18). The Labute approximate surface area is 142 Å². The molecule has 0 radical (unpaired) electrons. The highest BCUT2D eigenvalue weighted by molar-refractivity contribution is 7.11. The van der Waals surface area contributed by atoms with Gasteiger partial charge in [0.05, 0.1) is 18.0 Å². The van der Waals surface area contributed by atoms with E-state index >= 15 is 0 Å². The van der Waals surface area contributed by atoms with Gasteiger partial charge < -0.3 is 15.0 Å². The van der Waals surface area contributed by atoms with Crippen molar-refractivity contribution in [2.75, 3.05) is 33.8 Å². The topological polar surface area (TPSA) is 66.8 Å². The number of thiazole rings is 1. The third-order valence-electron chi connectivity index (χ3n) is 4.20. The van der Waals surface area contributed by atoms with Gasteiger partial charge in [0.1, 0.15) is 0 Å². The minimum absolute atomic E-state index is 0.0791. The molecule has 1 N–H and O–H groups in total. The molecule has 0 aliphatic carbocycles. The van der Waals surface area contributed by atoms with E-state index in [1.807, 2.05) is 6.20 Å². The molecule has 1 fully saturated rings. The predicted molar refractivity (Wildman–Crippen MR) is 92.8 cm³/mol. The quantitative estimate of drug-likeness (QED) is 0.501. The van der Waals surface area contributed by atoms with Gasteiger partial charge in [-0.05, 0) is 12.3 Å². The summed E-state index contributed by atoms with van der Waals surface area (Å²) >= 11 is 1.77. The van der Waals surface area contributed by atoms with E-state index in [2.05, 4.69) is 34.0 Å². The van der Waals surface area contributed by atoms with Crippen LogP contribution < -0.4 is 5.32 Å². The van der Waals surface area contributed by atoms with Crippen LogP contribution in [-0.2, 0) is 22.4 Å². The molecule has 128 valence electrons. The first-order valence-electron chi connectivity index (χ1n) is 8.06. The number of nitrogens with one attached hydrogen (secondary N) is 1. The van der Waals surface area contributed by atoms with Crippen molar-refractivity contribution in [3.05, 3.63) is 16.1 Å². The third kappa shape index (κ3) is 4.43. The van der Waals surface area contributed by atoms with Crippen molar-refractivity contribution < 1.29 is 9.53 Å². The van der Waals surface area contributed by atoms with Gasteiger partial charge in [-0.15, -0.1) is 11.3 Å². The number of carbonyl (C=O) groups is 1. The molecule has 23 heavy (non-hydrogen) atoms. The Morgan fingerprint density at radius 1 is 1.57 bits per heavy atom. The largest absolute Gasteiger partial charge is 0.469 e. The smallest absolute Gasteiger partial charge is 0.310 e. The Bertz CT molecular complexity index is 558. The second-order valence-corrected chi connectivity index (χ2v) is 7.01. The minimum atomic E-state index is -0.134. The van der Waals surface area contributed by atoms with Crippen LogP contribution in [0.25, 0.3) is 0 Å². The Morgan fingerprint density at radius 3 is 2.96 bits per heavy atom. The number of aryl methyl sites for hydroxylation is 1. The highest BCUT2D eigenvalue weighted by Gasteiger charge is 2.36. The summed E-state index contributed by atoms with van der Waals surface area (Å²) in [7, 11) is 3.22. The third-order valence-corrected chi connectivity index (χ3v) is 5.40. The first-order chi connectivity index (χ1) is 11.1. The fraction of sp³-hybridized carbons (Fsp3) is 0.688. The first kappa shape index (κ1) is 17.7. The van der Waals surface area contributed by atoms with Crippen LogP contribution in [0.5, 0.6) is 0 Å². The van der Waals surface area contributed by atoms with Gasteiger partial charge in [-0.2, -0.15) is 0 Å². The van der Waals surface area contributed by atoms with Gasteiger partial charge in [-0.25, -0.2) is 4.98 Å². The Hall–Kier alpha value is -1.63. The lowest BCUT2D eigenvalue weighted by atomic mass is 9.99. The summed E-state index contributed by atoms with van der Waals surface area (Å²) in [5.74, 6) is 0.901. The number of aliphatic imine (C=N–C) groups is 1. The molecular weight excluding hydrogens is 312 g/mol. The van der Waals surface area contributed by atoms with Gasteiger partial charge >= 0.3 is 5.97 Å². The number of hydrogen-bond donors (Lipinski definition) is 1. The molecule has 0 bridgehead atoms. The second-order valence-electron chi connectivity index (χ2n) is 5.81. The SMILES string of the molecule is CCc1cnc(CCNC(=NC)N2CC(C)C(C(=O)OC)C2)s1. The van der Waals surface area contributed by atoms with Gasteiger partial charge in [-0.1, -0.05) is 13.8 Å². The number of ether oxygens (including phenoxy) is 1. The molecule has 6 nitrogen and oxygen atoms in total. The van der Waals surface area contributed by atoms with Crippen molar-refractivity contribution in [3.8, 4) is 0 Å². The fourth-order valence-corrected chi connectivity index (χ4v) is 3.70. The number of carbonyl (C=O) groups excluding carboxylic acids is 1. The molecule has 2 heterocycles. The molecule has 0 saturated carbocycles. The van der Waals surface area contributed by atoms with Crippen LogP contribution in [0, 0.1) is 11.8 Å². The van der Waals surface area contributed by atoms with Crippen LogP contribution in [0.15, 0.2) is 11.2 Å².